The highest BCUT2D eigenvalue weighted by atomic mass is 35.5. The van der Waals surface area contributed by atoms with Crippen molar-refractivity contribution >= 4 is 40.8 Å². The van der Waals surface area contributed by atoms with Crippen molar-refractivity contribution < 1.29 is 9.90 Å². The third-order valence-corrected chi connectivity index (χ3v) is 3.25. The van der Waals surface area contributed by atoms with Gasteiger partial charge in [0.15, 0.2) is 5.82 Å². The molecule has 3 N–H and O–H groups in total. The lowest BCUT2D eigenvalue weighted by Crippen LogP contribution is -2.10. The van der Waals surface area contributed by atoms with Crippen LogP contribution >= 0.6 is 11.6 Å². The molecule has 0 radical (unpaired) electrons. The summed E-state index contributed by atoms with van der Waals surface area (Å²) in [4.78, 5) is 14.9. The van der Waals surface area contributed by atoms with Crippen molar-refractivity contribution in [3.63, 3.8) is 0 Å². The standard InChI is InChI=1S/C13H11ClN6O2/c1-7-2-3-8(14)9(6-7)16-10-11-18-19-12(17-13(21)22)20(11)5-4-15-10/h2-6H,1H3,(H,15,16)(H,17,19)(H,21,22). The number of carboxylic acid groups (broad SMARTS) is 1. The van der Waals surface area contributed by atoms with Gasteiger partial charge in [0, 0.05) is 12.4 Å². The molecule has 0 unspecified atom stereocenters. The molecular weight excluding hydrogens is 308 g/mol. The average Bonchev–Trinajstić information content (AvgIpc) is 2.86. The highest BCUT2D eigenvalue weighted by Crippen LogP contribution is 2.27. The molecule has 2 aromatic heterocycles. The summed E-state index contributed by atoms with van der Waals surface area (Å²) in [7, 11) is 0. The van der Waals surface area contributed by atoms with E-state index in [1.54, 1.807) is 12.3 Å². The maximum atomic E-state index is 10.7. The van der Waals surface area contributed by atoms with E-state index in [1.807, 2.05) is 19.1 Å². The van der Waals surface area contributed by atoms with Crippen LogP contribution in [0.1, 0.15) is 5.56 Å². The Bertz CT molecular complexity index is 863. The van der Waals surface area contributed by atoms with Crippen LogP contribution in [0, 0.1) is 6.92 Å². The zero-order valence-electron chi connectivity index (χ0n) is 11.4. The van der Waals surface area contributed by atoms with E-state index in [1.165, 1.54) is 10.6 Å². The van der Waals surface area contributed by atoms with Gasteiger partial charge in [-0.15, -0.1) is 10.2 Å². The lowest BCUT2D eigenvalue weighted by molar-refractivity contribution is 0.209. The quantitative estimate of drug-likeness (QED) is 0.686. The predicted octanol–water partition coefficient (Wildman–Crippen LogP) is 2.92. The van der Waals surface area contributed by atoms with Gasteiger partial charge in [-0.1, -0.05) is 17.7 Å². The van der Waals surface area contributed by atoms with Crippen LogP contribution in [-0.2, 0) is 0 Å². The Morgan fingerprint density at radius 3 is 2.95 bits per heavy atom. The molecule has 1 amide bonds. The van der Waals surface area contributed by atoms with Gasteiger partial charge < -0.3 is 10.4 Å². The molecule has 9 heteroatoms. The molecule has 22 heavy (non-hydrogen) atoms. The highest BCUT2D eigenvalue weighted by Gasteiger charge is 2.13. The molecule has 0 fully saturated rings. The summed E-state index contributed by atoms with van der Waals surface area (Å²) in [5.41, 5.74) is 2.09. The predicted molar refractivity (Wildman–Crippen MR) is 81.9 cm³/mol. The van der Waals surface area contributed by atoms with Crippen molar-refractivity contribution in [2.24, 2.45) is 0 Å². The Labute approximate surface area is 129 Å². The number of hydrogen-bond donors (Lipinski definition) is 3. The molecule has 0 saturated carbocycles. The second kappa shape index (κ2) is 5.49. The third kappa shape index (κ3) is 2.63. The van der Waals surface area contributed by atoms with Gasteiger partial charge in [0.25, 0.3) is 0 Å². The number of rotatable bonds is 3. The van der Waals surface area contributed by atoms with Gasteiger partial charge in [-0.3, -0.25) is 9.72 Å². The molecule has 0 aliphatic carbocycles. The fraction of sp³-hybridized carbons (Fsp3) is 0.0769. The van der Waals surface area contributed by atoms with Crippen LogP contribution in [0.25, 0.3) is 5.65 Å². The summed E-state index contributed by atoms with van der Waals surface area (Å²) in [6.07, 6.45) is 1.85. The topological polar surface area (TPSA) is 104 Å². The van der Waals surface area contributed by atoms with E-state index in [-0.39, 0.29) is 5.95 Å². The smallest absolute Gasteiger partial charge is 0.411 e. The first-order chi connectivity index (χ1) is 10.5. The summed E-state index contributed by atoms with van der Waals surface area (Å²) in [5.74, 6) is 0.504. The average molecular weight is 319 g/mol. The lowest BCUT2D eigenvalue weighted by Gasteiger charge is -2.09. The van der Waals surface area contributed by atoms with Gasteiger partial charge in [0.1, 0.15) is 0 Å². The summed E-state index contributed by atoms with van der Waals surface area (Å²) < 4.78 is 1.48. The zero-order valence-corrected chi connectivity index (χ0v) is 12.2. The summed E-state index contributed by atoms with van der Waals surface area (Å²) in [6.45, 7) is 1.95. The molecule has 0 saturated heterocycles. The van der Waals surface area contributed by atoms with Gasteiger partial charge in [-0.2, -0.15) is 0 Å². The van der Waals surface area contributed by atoms with E-state index in [0.717, 1.165) is 5.56 Å². The number of benzene rings is 1. The molecule has 0 atom stereocenters. The Morgan fingerprint density at radius 1 is 1.36 bits per heavy atom. The monoisotopic (exact) mass is 318 g/mol. The van der Waals surface area contributed by atoms with Crippen molar-refractivity contribution in [2.75, 3.05) is 10.6 Å². The van der Waals surface area contributed by atoms with Gasteiger partial charge in [0.05, 0.1) is 10.7 Å². The van der Waals surface area contributed by atoms with E-state index in [9.17, 15) is 4.79 Å². The lowest BCUT2D eigenvalue weighted by atomic mass is 10.2. The molecule has 112 valence electrons. The zero-order chi connectivity index (χ0) is 15.7. The Morgan fingerprint density at radius 2 is 2.18 bits per heavy atom. The number of aromatic nitrogens is 4. The molecular formula is C13H11ClN6O2. The first-order valence-electron chi connectivity index (χ1n) is 6.27. The minimum atomic E-state index is -1.22. The number of amides is 1. The Balaban J connectivity index is 2.02. The molecule has 1 aromatic carbocycles. The van der Waals surface area contributed by atoms with E-state index in [2.05, 4.69) is 25.8 Å². The molecule has 0 aliphatic rings. The van der Waals surface area contributed by atoms with Crippen LogP contribution in [0.4, 0.5) is 22.2 Å². The number of carbonyl (C=O) groups is 1. The Hall–Kier alpha value is -2.87. The fourth-order valence-corrected chi connectivity index (χ4v) is 2.12. The minimum absolute atomic E-state index is 0.0864. The van der Waals surface area contributed by atoms with E-state index < -0.39 is 6.09 Å². The summed E-state index contributed by atoms with van der Waals surface area (Å²) in [5, 5.41) is 22.3. The van der Waals surface area contributed by atoms with Crippen molar-refractivity contribution in [3.8, 4) is 0 Å². The largest absolute Gasteiger partial charge is 0.465 e. The molecule has 3 rings (SSSR count). The number of halogens is 1. The van der Waals surface area contributed by atoms with Crippen molar-refractivity contribution in [3.05, 3.63) is 41.2 Å². The summed E-state index contributed by atoms with van der Waals surface area (Å²) in [6, 6.07) is 5.55. The molecule has 0 aliphatic heterocycles. The van der Waals surface area contributed by atoms with Gasteiger partial charge >= 0.3 is 6.09 Å². The van der Waals surface area contributed by atoms with Crippen LogP contribution < -0.4 is 10.6 Å². The van der Waals surface area contributed by atoms with Gasteiger partial charge in [0.2, 0.25) is 11.6 Å². The van der Waals surface area contributed by atoms with Crippen LogP contribution in [0.3, 0.4) is 0 Å². The Kier molecular flexibility index (Phi) is 3.51. The normalized spacial score (nSPS) is 10.6. The maximum absolute atomic E-state index is 10.7. The first-order valence-corrected chi connectivity index (χ1v) is 6.65. The number of nitrogens with zero attached hydrogens (tertiary/aromatic N) is 4. The van der Waals surface area contributed by atoms with Crippen LogP contribution in [0.15, 0.2) is 30.6 Å². The highest BCUT2D eigenvalue weighted by molar-refractivity contribution is 6.33. The molecule has 3 aromatic rings. The number of aryl methyl sites for hydroxylation is 1. The second-order valence-corrected chi connectivity index (χ2v) is 4.94. The maximum Gasteiger partial charge on any atom is 0.411 e. The van der Waals surface area contributed by atoms with E-state index in [0.29, 0.717) is 22.2 Å². The van der Waals surface area contributed by atoms with Gasteiger partial charge in [-0.25, -0.2) is 9.78 Å². The third-order valence-electron chi connectivity index (χ3n) is 2.92. The van der Waals surface area contributed by atoms with Crippen LogP contribution in [-0.4, -0.2) is 30.8 Å². The molecule has 0 spiro atoms. The molecule has 0 bridgehead atoms. The SMILES string of the molecule is Cc1ccc(Cl)c(Nc2nccn3c(NC(=O)O)nnc23)c1. The fourth-order valence-electron chi connectivity index (χ4n) is 1.96. The number of anilines is 3. The first kappa shape index (κ1) is 14.1. The van der Waals surface area contributed by atoms with E-state index in [4.69, 9.17) is 16.7 Å². The van der Waals surface area contributed by atoms with Crippen molar-refractivity contribution in [1.29, 1.82) is 0 Å². The van der Waals surface area contributed by atoms with Crippen molar-refractivity contribution in [1.82, 2.24) is 19.6 Å². The summed E-state index contributed by atoms with van der Waals surface area (Å²) >= 11 is 6.15. The number of nitrogens with one attached hydrogen (secondary N) is 2. The van der Waals surface area contributed by atoms with Gasteiger partial charge in [-0.05, 0) is 24.6 Å². The second-order valence-electron chi connectivity index (χ2n) is 4.53. The van der Waals surface area contributed by atoms with Crippen LogP contribution in [0.2, 0.25) is 5.02 Å². The molecule has 2 heterocycles. The number of hydrogen-bond acceptors (Lipinski definition) is 5. The van der Waals surface area contributed by atoms with Crippen molar-refractivity contribution in [2.45, 2.75) is 6.92 Å². The molecule has 8 nitrogen and oxygen atoms in total. The minimum Gasteiger partial charge on any atom is -0.465 e. The number of fused-ring (bicyclic) bond motifs is 1. The van der Waals surface area contributed by atoms with E-state index >= 15 is 0 Å². The van der Waals surface area contributed by atoms with Crippen LogP contribution in [0.5, 0.6) is 0 Å².